The van der Waals surface area contributed by atoms with Crippen molar-refractivity contribution in [2.75, 3.05) is 4.90 Å². The van der Waals surface area contributed by atoms with Gasteiger partial charge in [-0.15, -0.1) is 0 Å². The van der Waals surface area contributed by atoms with Crippen molar-refractivity contribution in [2.24, 2.45) is 5.41 Å². The molecule has 1 aliphatic heterocycles. The lowest BCUT2D eigenvalue weighted by atomic mass is 9.83. The average Bonchev–Trinajstić information content (AvgIpc) is 3.08. The molecule has 0 fully saturated rings. The summed E-state index contributed by atoms with van der Waals surface area (Å²) >= 11 is 6.07. The Morgan fingerprint density at radius 1 is 1.23 bits per heavy atom. The number of hydrogen-bond donors (Lipinski definition) is 1. The third-order valence-electron chi connectivity index (χ3n) is 4.25. The number of anilines is 1. The van der Waals surface area contributed by atoms with Gasteiger partial charge in [0.15, 0.2) is 11.5 Å². The molecule has 1 aliphatic rings. The van der Waals surface area contributed by atoms with E-state index in [0.29, 0.717) is 22.2 Å². The molecule has 1 aromatic carbocycles. The maximum absolute atomic E-state index is 13.0. The Morgan fingerprint density at radius 2 is 1.92 bits per heavy atom. The molecule has 5 nitrogen and oxygen atoms in total. The maximum Gasteiger partial charge on any atom is 0.294 e. The van der Waals surface area contributed by atoms with E-state index in [2.05, 4.69) is 0 Å². The molecule has 0 saturated carbocycles. The number of benzene rings is 1. The highest BCUT2D eigenvalue weighted by atomic mass is 35.5. The Balaban J connectivity index is 2.20. The van der Waals surface area contributed by atoms with E-state index < -0.39 is 23.1 Å². The molecule has 3 rings (SSSR count). The van der Waals surface area contributed by atoms with Gasteiger partial charge >= 0.3 is 0 Å². The lowest BCUT2D eigenvalue weighted by Crippen LogP contribution is -2.32. The fraction of sp³-hybridized carbons (Fsp3) is 0.300. The first-order valence-corrected chi connectivity index (χ1v) is 8.62. The number of halogens is 1. The van der Waals surface area contributed by atoms with Gasteiger partial charge in [-0.05, 0) is 37.3 Å². The molecule has 1 unspecified atom stereocenters. The first kappa shape index (κ1) is 18.3. The van der Waals surface area contributed by atoms with E-state index in [1.54, 1.807) is 64.1 Å². The van der Waals surface area contributed by atoms with Gasteiger partial charge < -0.3 is 9.52 Å². The van der Waals surface area contributed by atoms with E-state index >= 15 is 0 Å². The molecule has 1 aromatic heterocycles. The number of carbonyl (C=O) groups excluding carboxylic acids is 2. The van der Waals surface area contributed by atoms with Crippen molar-refractivity contribution in [2.45, 2.75) is 33.7 Å². The molecule has 2 heterocycles. The second-order valence-electron chi connectivity index (χ2n) is 7.35. The van der Waals surface area contributed by atoms with Crippen molar-refractivity contribution >= 4 is 29.0 Å². The van der Waals surface area contributed by atoms with Gasteiger partial charge in [-0.1, -0.05) is 38.4 Å². The van der Waals surface area contributed by atoms with Crippen LogP contribution in [0, 0.1) is 12.3 Å². The summed E-state index contributed by atoms with van der Waals surface area (Å²) < 4.78 is 5.71. The van der Waals surface area contributed by atoms with Crippen LogP contribution in [0.25, 0.3) is 0 Å². The van der Waals surface area contributed by atoms with Gasteiger partial charge in [0.05, 0.1) is 5.57 Å². The van der Waals surface area contributed by atoms with E-state index in [4.69, 9.17) is 16.0 Å². The number of aliphatic hydroxyl groups is 1. The third-order valence-corrected chi connectivity index (χ3v) is 4.49. The molecule has 2 aromatic rings. The predicted octanol–water partition coefficient (Wildman–Crippen LogP) is 4.76. The van der Waals surface area contributed by atoms with Crippen LogP contribution in [0.1, 0.15) is 38.3 Å². The van der Waals surface area contributed by atoms with Crippen LogP contribution in [0.15, 0.2) is 52.1 Å². The second-order valence-corrected chi connectivity index (χ2v) is 7.78. The largest absolute Gasteiger partial charge is 0.503 e. The van der Waals surface area contributed by atoms with Crippen molar-refractivity contribution in [1.29, 1.82) is 0 Å². The fourth-order valence-electron chi connectivity index (χ4n) is 3.00. The lowest BCUT2D eigenvalue weighted by molar-refractivity contribution is -0.123. The number of rotatable bonds is 3. The first-order valence-electron chi connectivity index (χ1n) is 8.24. The molecular weight excluding hydrogens is 354 g/mol. The van der Waals surface area contributed by atoms with Crippen molar-refractivity contribution < 1.29 is 19.1 Å². The smallest absolute Gasteiger partial charge is 0.294 e. The summed E-state index contributed by atoms with van der Waals surface area (Å²) in [6, 6.07) is 9.32. The number of nitrogens with zero attached hydrogens (tertiary/aromatic N) is 1. The molecule has 0 radical (unpaired) electrons. The molecule has 0 aliphatic carbocycles. The van der Waals surface area contributed by atoms with Gasteiger partial charge in [0.1, 0.15) is 17.6 Å². The Bertz CT molecular complexity index is 920. The number of furan rings is 1. The number of Topliss-reactive ketones (excluding diaryl/α,β-unsaturated/α-hetero) is 1. The normalized spacial score (nSPS) is 18.0. The number of aryl methyl sites for hydroxylation is 1. The molecule has 1 atom stereocenters. The highest BCUT2D eigenvalue weighted by Gasteiger charge is 2.48. The van der Waals surface area contributed by atoms with Crippen LogP contribution in [-0.2, 0) is 9.59 Å². The van der Waals surface area contributed by atoms with E-state index in [-0.39, 0.29) is 11.4 Å². The predicted molar refractivity (Wildman–Crippen MR) is 99.2 cm³/mol. The summed E-state index contributed by atoms with van der Waals surface area (Å²) in [6.45, 7) is 7.00. The highest BCUT2D eigenvalue weighted by molar-refractivity contribution is 6.31. The van der Waals surface area contributed by atoms with Crippen LogP contribution in [0.4, 0.5) is 5.69 Å². The fourth-order valence-corrected chi connectivity index (χ4v) is 3.19. The zero-order chi connectivity index (χ0) is 19.2. The van der Waals surface area contributed by atoms with Crippen LogP contribution in [-0.4, -0.2) is 16.8 Å². The van der Waals surface area contributed by atoms with Crippen LogP contribution in [0.2, 0.25) is 5.02 Å². The number of ketones is 1. The van der Waals surface area contributed by atoms with Crippen LogP contribution >= 0.6 is 11.6 Å². The molecule has 26 heavy (non-hydrogen) atoms. The minimum atomic E-state index is -0.846. The van der Waals surface area contributed by atoms with Crippen molar-refractivity contribution in [3.63, 3.8) is 0 Å². The van der Waals surface area contributed by atoms with Gasteiger partial charge in [0, 0.05) is 16.1 Å². The summed E-state index contributed by atoms with van der Waals surface area (Å²) in [5.74, 6) is -0.463. The zero-order valence-corrected chi connectivity index (χ0v) is 15.8. The Labute approximate surface area is 156 Å². The summed E-state index contributed by atoms with van der Waals surface area (Å²) in [7, 11) is 0. The summed E-state index contributed by atoms with van der Waals surface area (Å²) in [4.78, 5) is 27.2. The zero-order valence-electron chi connectivity index (χ0n) is 15.0. The SMILES string of the molecule is Cc1ccc(C2C(C(=O)C(C)(C)C)=C(O)C(=O)N2c2cccc(Cl)c2)o1. The monoisotopic (exact) mass is 373 g/mol. The van der Waals surface area contributed by atoms with E-state index in [1.165, 1.54) is 4.90 Å². The topological polar surface area (TPSA) is 70.8 Å². The molecule has 1 N–H and O–H groups in total. The molecular formula is C20H20ClNO4. The van der Waals surface area contributed by atoms with E-state index in [0.717, 1.165) is 0 Å². The minimum absolute atomic E-state index is 0.0387. The molecule has 0 spiro atoms. The van der Waals surface area contributed by atoms with Gasteiger partial charge in [0.2, 0.25) is 0 Å². The molecule has 0 saturated heterocycles. The van der Waals surface area contributed by atoms with E-state index in [9.17, 15) is 14.7 Å². The van der Waals surface area contributed by atoms with Crippen LogP contribution in [0.3, 0.4) is 0 Å². The minimum Gasteiger partial charge on any atom is -0.503 e. The summed E-state index contributed by atoms with van der Waals surface area (Å²) in [5.41, 5.74) is -0.255. The van der Waals surface area contributed by atoms with Crippen molar-refractivity contribution in [1.82, 2.24) is 0 Å². The number of aliphatic hydroxyl groups excluding tert-OH is 1. The quantitative estimate of drug-likeness (QED) is 0.842. The third kappa shape index (κ3) is 3.03. The number of amides is 1. The molecule has 136 valence electrons. The Kier molecular flexibility index (Phi) is 4.44. The molecule has 0 bridgehead atoms. The van der Waals surface area contributed by atoms with E-state index in [1.807, 2.05) is 0 Å². The first-order chi connectivity index (χ1) is 12.1. The Morgan fingerprint density at radius 3 is 2.46 bits per heavy atom. The number of carbonyl (C=O) groups is 2. The Hall–Kier alpha value is -2.53. The lowest BCUT2D eigenvalue weighted by Gasteiger charge is -2.27. The summed E-state index contributed by atoms with van der Waals surface area (Å²) in [5, 5.41) is 11.0. The second kappa shape index (κ2) is 6.32. The van der Waals surface area contributed by atoms with Gasteiger partial charge in [-0.3, -0.25) is 14.5 Å². The standard InChI is InChI=1S/C20H20ClNO4/c1-11-8-9-14(26-11)16-15(18(24)20(2,3)4)17(23)19(25)22(16)13-7-5-6-12(21)10-13/h5-10,16,23H,1-4H3. The van der Waals surface area contributed by atoms with Gasteiger partial charge in [0.25, 0.3) is 5.91 Å². The van der Waals surface area contributed by atoms with Crippen LogP contribution < -0.4 is 4.90 Å². The number of hydrogen-bond acceptors (Lipinski definition) is 4. The maximum atomic E-state index is 13.0. The highest BCUT2D eigenvalue weighted by Crippen LogP contribution is 2.44. The van der Waals surface area contributed by atoms with Crippen molar-refractivity contribution in [3.8, 4) is 0 Å². The van der Waals surface area contributed by atoms with Gasteiger partial charge in [-0.2, -0.15) is 0 Å². The average molecular weight is 374 g/mol. The van der Waals surface area contributed by atoms with Crippen molar-refractivity contribution in [3.05, 3.63) is 64.3 Å². The van der Waals surface area contributed by atoms with Crippen LogP contribution in [0.5, 0.6) is 0 Å². The molecule has 1 amide bonds. The summed E-state index contributed by atoms with van der Waals surface area (Å²) in [6.07, 6.45) is 0. The molecule has 6 heteroatoms. The van der Waals surface area contributed by atoms with Gasteiger partial charge in [-0.25, -0.2) is 0 Å².